The Kier molecular flexibility index (Phi) is 4.22. The molecule has 0 aliphatic carbocycles. The number of hydrogen-bond donors (Lipinski definition) is 2. The van der Waals surface area contributed by atoms with Gasteiger partial charge in [-0.05, 0) is 18.2 Å². The summed E-state index contributed by atoms with van der Waals surface area (Å²) < 4.78 is 22.7. The van der Waals surface area contributed by atoms with Crippen LogP contribution in [0.2, 0.25) is 0 Å². The van der Waals surface area contributed by atoms with Gasteiger partial charge in [-0.2, -0.15) is 0 Å². The fourth-order valence-corrected chi connectivity index (χ4v) is 1.81. The minimum atomic E-state index is -3.23. The number of phenolic OH excluding ortho intramolecular Hbond substituents is 1. The Morgan fingerprint density at radius 2 is 2.00 bits per heavy atom. The smallest absolute Gasteiger partial charge is 0.178 e. The third kappa shape index (κ3) is 2.52. The van der Waals surface area contributed by atoms with Crippen molar-refractivity contribution in [2.75, 3.05) is 11.5 Å². The van der Waals surface area contributed by atoms with Gasteiger partial charge in [0.05, 0.1) is 16.3 Å². The van der Waals surface area contributed by atoms with Gasteiger partial charge in [0.1, 0.15) is 5.75 Å². The number of aromatic hydroxyl groups is 1. The van der Waals surface area contributed by atoms with Crippen molar-refractivity contribution >= 4 is 27.9 Å². The summed E-state index contributed by atoms with van der Waals surface area (Å²) in [4.78, 5) is 0.144. The molecule has 1 aromatic carbocycles. The van der Waals surface area contributed by atoms with E-state index in [1.165, 1.54) is 18.2 Å². The lowest BCUT2D eigenvalue weighted by molar-refractivity contribution is 0.477. The van der Waals surface area contributed by atoms with Gasteiger partial charge in [-0.1, -0.05) is 6.92 Å². The van der Waals surface area contributed by atoms with E-state index >= 15 is 0 Å². The normalized spacial score (nSPS) is 10.6. The van der Waals surface area contributed by atoms with Crippen LogP contribution in [0.3, 0.4) is 0 Å². The van der Waals surface area contributed by atoms with Crippen LogP contribution < -0.4 is 5.73 Å². The second-order valence-electron chi connectivity index (χ2n) is 2.62. The number of anilines is 1. The maximum atomic E-state index is 11.3. The highest BCUT2D eigenvalue weighted by molar-refractivity contribution is 7.91. The van der Waals surface area contributed by atoms with E-state index in [1.54, 1.807) is 6.92 Å². The highest BCUT2D eigenvalue weighted by Crippen LogP contribution is 2.23. The molecule has 14 heavy (non-hydrogen) atoms. The van der Waals surface area contributed by atoms with Crippen molar-refractivity contribution in [1.29, 1.82) is 0 Å². The molecule has 0 saturated heterocycles. The molecule has 0 spiro atoms. The molecule has 0 atom stereocenters. The number of nitrogen functional groups attached to an aromatic ring is 1. The number of phenols is 1. The van der Waals surface area contributed by atoms with E-state index in [0.717, 1.165) is 0 Å². The van der Waals surface area contributed by atoms with Gasteiger partial charge in [0, 0.05) is 0 Å². The Morgan fingerprint density at radius 3 is 2.43 bits per heavy atom. The highest BCUT2D eigenvalue weighted by Gasteiger charge is 2.12. The maximum absolute atomic E-state index is 11.3. The van der Waals surface area contributed by atoms with Crippen molar-refractivity contribution in [2.24, 2.45) is 0 Å². The van der Waals surface area contributed by atoms with Gasteiger partial charge in [0.15, 0.2) is 9.84 Å². The number of nitrogens with two attached hydrogens (primary N) is 1. The third-order valence-corrected chi connectivity index (χ3v) is 3.47. The van der Waals surface area contributed by atoms with Crippen LogP contribution in [0.5, 0.6) is 5.75 Å². The first-order valence-corrected chi connectivity index (χ1v) is 5.44. The quantitative estimate of drug-likeness (QED) is 0.598. The number of rotatable bonds is 2. The molecule has 0 bridgehead atoms. The minimum Gasteiger partial charge on any atom is -0.506 e. The lowest BCUT2D eigenvalue weighted by Gasteiger charge is -2.03. The largest absolute Gasteiger partial charge is 0.506 e. The zero-order valence-corrected chi connectivity index (χ0v) is 9.23. The van der Waals surface area contributed by atoms with Crippen molar-refractivity contribution in [2.45, 2.75) is 11.8 Å². The molecular weight excluding hydrogens is 226 g/mol. The zero-order chi connectivity index (χ0) is 10.1. The van der Waals surface area contributed by atoms with Gasteiger partial charge in [0.25, 0.3) is 0 Å². The summed E-state index contributed by atoms with van der Waals surface area (Å²) in [6.07, 6.45) is 0. The first-order valence-electron chi connectivity index (χ1n) is 3.78. The third-order valence-electron chi connectivity index (χ3n) is 1.74. The number of halogens is 1. The van der Waals surface area contributed by atoms with Crippen LogP contribution in [-0.4, -0.2) is 19.3 Å². The molecule has 0 fully saturated rings. The number of hydrogen-bond acceptors (Lipinski definition) is 4. The monoisotopic (exact) mass is 237 g/mol. The van der Waals surface area contributed by atoms with Gasteiger partial charge in [-0.25, -0.2) is 8.42 Å². The van der Waals surface area contributed by atoms with Crippen LogP contribution >= 0.6 is 12.4 Å². The Balaban J connectivity index is 0.00000169. The molecule has 0 unspecified atom stereocenters. The molecule has 0 radical (unpaired) electrons. The van der Waals surface area contributed by atoms with Gasteiger partial charge < -0.3 is 10.8 Å². The van der Waals surface area contributed by atoms with Crippen molar-refractivity contribution < 1.29 is 13.5 Å². The molecule has 6 heteroatoms. The Morgan fingerprint density at radius 1 is 1.43 bits per heavy atom. The molecule has 1 aromatic rings. The second kappa shape index (κ2) is 4.52. The topological polar surface area (TPSA) is 80.4 Å². The van der Waals surface area contributed by atoms with Crippen molar-refractivity contribution in [3.8, 4) is 5.75 Å². The summed E-state index contributed by atoms with van der Waals surface area (Å²) in [6.45, 7) is 1.55. The molecule has 0 saturated carbocycles. The number of benzene rings is 1. The van der Waals surface area contributed by atoms with Gasteiger partial charge in [-0.3, -0.25) is 0 Å². The van der Waals surface area contributed by atoms with Crippen LogP contribution in [-0.2, 0) is 9.84 Å². The summed E-state index contributed by atoms with van der Waals surface area (Å²) in [5.74, 6) is -0.0768. The predicted molar refractivity (Wildman–Crippen MR) is 57.5 cm³/mol. The van der Waals surface area contributed by atoms with Crippen LogP contribution in [0.1, 0.15) is 6.92 Å². The van der Waals surface area contributed by atoms with Crippen molar-refractivity contribution in [1.82, 2.24) is 0 Å². The second-order valence-corrected chi connectivity index (χ2v) is 4.90. The first kappa shape index (κ1) is 13.1. The van der Waals surface area contributed by atoms with E-state index in [2.05, 4.69) is 0 Å². The summed E-state index contributed by atoms with van der Waals surface area (Å²) in [5.41, 5.74) is 5.44. The highest BCUT2D eigenvalue weighted by atomic mass is 35.5. The molecule has 0 aliphatic rings. The molecule has 3 N–H and O–H groups in total. The van der Waals surface area contributed by atoms with Crippen LogP contribution in [0.15, 0.2) is 23.1 Å². The SMILES string of the molecule is CCS(=O)(=O)c1ccc(O)c(N)c1.Cl. The Labute approximate surface area is 89.1 Å². The van der Waals surface area contributed by atoms with Crippen LogP contribution in [0.25, 0.3) is 0 Å². The average Bonchev–Trinajstić information content (AvgIpc) is 2.09. The fraction of sp³-hybridized carbons (Fsp3) is 0.250. The number of sulfone groups is 1. The predicted octanol–water partition coefficient (Wildman–Crippen LogP) is 1.19. The summed E-state index contributed by atoms with van der Waals surface area (Å²) >= 11 is 0. The molecular formula is C8H12ClNO3S. The van der Waals surface area contributed by atoms with E-state index in [9.17, 15) is 8.42 Å². The van der Waals surface area contributed by atoms with E-state index in [0.29, 0.717) is 0 Å². The molecule has 0 amide bonds. The molecule has 0 heterocycles. The summed E-state index contributed by atoms with van der Waals surface area (Å²) in [6, 6.07) is 3.87. The molecule has 1 rings (SSSR count). The van der Waals surface area contributed by atoms with Gasteiger partial charge in [0.2, 0.25) is 0 Å². The minimum absolute atomic E-state index is 0. The summed E-state index contributed by atoms with van der Waals surface area (Å²) in [7, 11) is -3.23. The molecule has 0 aromatic heterocycles. The van der Waals surface area contributed by atoms with Crippen molar-refractivity contribution in [3.05, 3.63) is 18.2 Å². The van der Waals surface area contributed by atoms with Crippen LogP contribution in [0, 0.1) is 0 Å². The molecule has 0 aliphatic heterocycles. The Bertz CT molecular complexity index is 417. The van der Waals surface area contributed by atoms with Gasteiger partial charge in [-0.15, -0.1) is 12.4 Å². The van der Waals surface area contributed by atoms with E-state index in [1.807, 2.05) is 0 Å². The van der Waals surface area contributed by atoms with Crippen molar-refractivity contribution in [3.63, 3.8) is 0 Å². The maximum Gasteiger partial charge on any atom is 0.178 e. The van der Waals surface area contributed by atoms with Gasteiger partial charge >= 0.3 is 0 Å². The standard InChI is InChI=1S/C8H11NO3S.ClH/c1-2-13(11,12)6-3-4-8(10)7(9)5-6;/h3-5,10H,2,9H2,1H3;1H. The Hall–Kier alpha value is -0.940. The average molecular weight is 238 g/mol. The lowest BCUT2D eigenvalue weighted by Crippen LogP contribution is -2.04. The van der Waals surface area contributed by atoms with E-state index < -0.39 is 9.84 Å². The molecule has 4 nitrogen and oxygen atoms in total. The lowest BCUT2D eigenvalue weighted by atomic mass is 10.3. The first-order chi connectivity index (χ1) is 5.97. The van der Waals surface area contributed by atoms with E-state index in [4.69, 9.17) is 10.8 Å². The zero-order valence-electron chi connectivity index (χ0n) is 7.60. The molecule has 80 valence electrons. The summed E-state index contributed by atoms with van der Waals surface area (Å²) in [5, 5.41) is 9.06. The van der Waals surface area contributed by atoms with E-state index in [-0.39, 0.29) is 34.5 Å². The fourth-order valence-electron chi connectivity index (χ4n) is 0.893. The van der Waals surface area contributed by atoms with Crippen LogP contribution in [0.4, 0.5) is 5.69 Å².